The number of likely N-dealkylation sites (tertiary alicyclic amines) is 1. The standard InChI is InChI=1S/C23H29N3O4S/c1-17-9-10-20-21(13-17)30-22(16-26(20)31(2,28)29)23(27)24-14-18-7-3-4-8-19(18)15-25-11-5-6-12-25/h3-4,7-10,13,22H,5-6,11-12,14-16H2,1-2H3,(H,24,27)/t22-/m1/s1. The molecule has 0 unspecified atom stereocenters. The molecule has 2 aromatic carbocycles. The van der Waals surface area contributed by atoms with Gasteiger partial charge in [0.25, 0.3) is 5.91 Å². The molecule has 4 rings (SSSR count). The number of hydrogen-bond donors (Lipinski definition) is 1. The number of benzene rings is 2. The number of anilines is 1. The number of carbonyl (C=O) groups excluding carboxylic acids is 1. The van der Waals surface area contributed by atoms with E-state index in [9.17, 15) is 13.2 Å². The van der Waals surface area contributed by atoms with E-state index >= 15 is 0 Å². The van der Waals surface area contributed by atoms with Crippen molar-refractivity contribution in [3.63, 3.8) is 0 Å². The molecule has 1 fully saturated rings. The predicted octanol–water partition coefficient (Wildman–Crippen LogP) is 2.43. The lowest BCUT2D eigenvalue weighted by Gasteiger charge is -2.34. The van der Waals surface area contributed by atoms with Gasteiger partial charge in [-0.2, -0.15) is 0 Å². The zero-order valence-corrected chi connectivity index (χ0v) is 18.8. The van der Waals surface area contributed by atoms with E-state index in [1.165, 1.54) is 22.7 Å². The van der Waals surface area contributed by atoms with Crippen molar-refractivity contribution in [2.45, 2.75) is 39.0 Å². The Morgan fingerprint density at radius 3 is 2.55 bits per heavy atom. The van der Waals surface area contributed by atoms with Crippen LogP contribution in [0.3, 0.4) is 0 Å². The van der Waals surface area contributed by atoms with Gasteiger partial charge in [0.1, 0.15) is 5.75 Å². The molecule has 166 valence electrons. The van der Waals surface area contributed by atoms with Crippen molar-refractivity contribution in [2.24, 2.45) is 0 Å². The molecule has 0 spiro atoms. The Morgan fingerprint density at radius 2 is 1.84 bits per heavy atom. The zero-order chi connectivity index (χ0) is 22.0. The molecule has 2 aliphatic heterocycles. The van der Waals surface area contributed by atoms with Gasteiger partial charge in [-0.25, -0.2) is 8.42 Å². The molecule has 8 heteroatoms. The zero-order valence-electron chi connectivity index (χ0n) is 18.0. The number of hydrogen-bond acceptors (Lipinski definition) is 5. The molecule has 2 heterocycles. The van der Waals surface area contributed by atoms with Crippen molar-refractivity contribution < 1.29 is 17.9 Å². The Labute approximate surface area is 184 Å². The molecule has 1 N–H and O–H groups in total. The van der Waals surface area contributed by atoms with E-state index < -0.39 is 16.1 Å². The average Bonchev–Trinajstić information content (AvgIpc) is 3.24. The van der Waals surface area contributed by atoms with Crippen LogP contribution in [0.1, 0.15) is 29.5 Å². The lowest BCUT2D eigenvalue weighted by atomic mass is 10.1. The number of amides is 1. The molecule has 0 saturated carbocycles. The lowest BCUT2D eigenvalue weighted by molar-refractivity contribution is -0.127. The Kier molecular flexibility index (Phi) is 6.20. The van der Waals surface area contributed by atoms with E-state index in [-0.39, 0.29) is 12.5 Å². The van der Waals surface area contributed by atoms with Crippen LogP contribution in [0.15, 0.2) is 42.5 Å². The first-order chi connectivity index (χ1) is 14.8. The van der Waals surface area contributed by atoms with E-state index in [2.05, 4.69) is 16.3 Å². The van der Waals surface area contributed by atoms with Crippen LogP contribution in [0.25, 0.3) is 0 Å². The first-order valence-electron chi connectivity index (χ1n) is 10.6. The third-order valence-corrected chi connectivity index (χ3v) is 6.99. The van der Waals surface area contributed by atoms with E-state index in [1.807, 2.05) is 31.2 Å². The Hall–Kier alpha value is -2.58. The highest BCUT2D eigenvalue weighted by Gasteiger charge is 2.35. The molecule has 31 heavy (non-hydrogen) atoms. The van der Waals surface area contributed by atoms with Crippen LogP contribution in [0.4, 0.5) is 5.69 Å². The highest BCUT2D eigenvalue weighted by atomic mass is 32.2. The maximum atomic E-state index is 12.9. The summed E-state index contributed by atoms with van der Waals surface area (Å²) in [5.74, 6) is 0.0861. The molecule has 0 radical (unpaired) electrons. The predicted molar refractivity (Wildman–Crippen MR) is 121 cm³/mol. The van der Waals surface area contributed by atoms with Gasteiger partial charge in [-0.05, 0) is 61.7 Å². The Morgan fingerprint density at radius 1 is 1.13 bits per heavy atom. The molecule has 2 aliphatic rings. The lowest BCUT2D eigenvalue weighted by Crippen LogP contribution is -2.50. The number of sulfonamides is 1. The molecule has 0 aliphatic carbocycles. The maximum absolute atomic E-state index is 12.9. The number of ether oxygens (including phenoxy) is 1. The van der Waals surface area contributed by atoms with Crippen molar-refractivity contribution in [3.8, 4) is 5.75 Å². The minimum Gasteiger partial charge on any atom is -0.476 e. The normalized spacial score (nSPS) is 19.0. The smallest absolute Gasteiger partial charge is 0.263 e. The molecule has 1 saturated heterocycles. The van der Waals surface area contributed by atoms with Gasteiger partial charge >= 0.3 is 0 Å². The summed E-state index contributed by atoms with van der Waals surface area (Å²) in [6, 6.07) is 13.4. The summed E-state index contributed by atoms with van der Waals surface area (Å²) >= 11 is 0. The van der Waals surface area contributed by atoms with Crippen LogP contribution < -0.4 is 14.4 Å². The van der Waals surface area contributed by atoms with E-state index in [0.717, 1.165) is 37.0 Å². The van der Waals surface area contributed by atoms with Gasteiger partial charge in [-0.15, -0.1) is 0 Å². The van der Waals surface area contributed by atoms with Crippen molar-refractivity contribution in [2.75, 3.05) is 30.2 Å². The molecular weight excluding hydrogens is 414 g/mol. The van der Waals surface area contributed by atoms with E-state index in [0.29, 0.717) is 18.0 Å². The van der Waals surface area contributed by atoms with Crippen LogP contribution in [0.2, 0.25) is 0 Å². The summed E-state index contributed by atoms with van der Waals surface area (Å²) < 4.78 is 31.8. The molecule has 1 atom stereocenters. The van der Waals surface area contributed by atoms with Gasteiger partial charge < -0.3 is 10.1 Å². The molecule has 0 bridgehead atoms. The second-order valence-electron chi connectivity index (χ2n) is 8.34. The average molecular weight is 444 g/mol. The summed E-state index contributed by atoms with van der Waals surface area (Å²) in [5, 5.41) is 2.95. The second-order valence-corrected chi connectivity index (χ2v) is 10.2. The first kappa shape index (κ1) is 21.6. The van der Waals surface area contributed by atoms with Gasteiger partial charge in [0.05, 0.1) is 18.5 Å². The number of carbonyl (C=O) groups is 1. The number of rotatable bonds is 6. The third kappa shape index (κ3) is 5.02. The highest BCUT2D eigenvalue weighted by Crippen LogP contribution is 2.35. The molecule has 0 aromatic heterocycles. The number of nitrogens with zero attached hydrogens (tertiary/aromatic N) is 2. The van der Waals surface area contributed by atoms with Crippen molar-refractivity contribution in [3.05, 3.63) is 59.2 Å². The highest BCUT2D eigenvalue weighted by molar-refractivity contribution is 7.92. The van der Waals surface area contributed by atoms with Gasteiger partial charge in [0, 0.05) is 13.1 Å². The maximum Gasteiger partial charge on any atom is 0.263 e. The number of nitrogens with one attached hydrogen (secondary N) is 1. The van der Waals surface area contributed by atoms with Crippen LogP contribution in [-0.2, 0) is 27.9 Å². The third-order valence-electron chi connectivity index (χ3n) is 5.84. The van der Waals surface area contributed by atoms with Crippen molar-refractivity contribution >= 4 is 21.6 Å². The summed E-state index contributed by atoms with van der Waals surface area (Å²) in [6.07, 6.45) is 2.70. The van der Waals surface area contributed by atoms with E-state index in [1.54, 1.807) is 12.1 Å². The van der Waals surface area contributed by atoms with Gasteiger partial charge in [0.2, 0.25) is 10.0 Å². The summed E-state index contributed by atoms with van der Waals surface area (Å²) in [4.78, 5) is 15.4. The Bertz CT molecular complexity index is 1060. The molecule has 2 aromatic rings. The van der Waals surface area contributed by atoms with Crippen molar-refractivity contribution in [1.29, 1.82) is 0 Å². The topological polar surface area (TPSA) is 79.0 Å². The summed E-state index contributed by atoms with van der Waals surface area (Å²) in [6.45, 7) is 5.32. The monoisotopic (exact) mass is 443 g/mol. The Balaban J connectivity index is 1.47. The molecule has 7 nitrogen and oxygen atoms in total. The second kappa shape index (κ2) is 8.88. The fourth-order valence-corrected chi connectivity index (χ4v) is 5.09. The SMILES string of the molecule is Cc1ccc2c(c1)O[C@@H](C(=O)NCc1ccccc1CN1CCCC1)CN2S(C)(=O)=O. The van der Waals surface area contributed by atoms with Crippen molar-refractivity contribution in [1.82, 2.24) is 10.2 Å². The van der Waals surface area contributed by atoms with Crippen LogP contribution >= 0.6 is 0 Å². The largest absolute Gasteiger partial charge is 0.476 e. The van der Waals surface area contributed by atoms with E-state index in [4.69, 9.17) is 4.74 Å². The van der Waals surface area contributed by atoms with Gasteiger partial charge in [0.15, 0.2) is 6.10 Å². The fraction of sp³-hybridized carbons (Fsp3) is 0.435. The summed E-state index contributed by atoms with van der Waals surface area (Å²) in [5.41, 5.74) is 3.67. The molecule has 1 amide bonds. The van der Waals surface area contributed by atoms with Crippen LogP contribution in [-0.4, -0.2) is 51.2 Å². The van der Waals surface area contributed by atoms with Crippen LogP contribution in [0.5, 0.6) is 5.75 Å². The van der Waals surface area contributed by atoms with Gasteiger partial charge in [-0.3, -0.25) is 14.0 Å². The number of aryl methyl sites for hydroxylation is 1. The quantitative estimate of drug-likeness (QED) is 0.742. The minimum absolute atomic E-state index is 0.0455. The first-order valence-corrected chi connectivity index (χ1v) is 12.5. The summed E-state index contributed by atoms with van der Waals surface area (Å²) in [7, 11) is -3.54. The fourth-order valence-electron chi connectivity index (χ4n) is 4.17. The number of fused-ring (bicyclic) bond motifs is 1. The minimum atomic E-state index is -3.54. The molecular formula is C23H29N3O4S. The van der Waals surface area contributed by atoms with Gasteiger partial charge in [-0.1, -0.05) is 30.3 Å². The van der Waals surface area contributed by atoms with Crippen LogP contribution in [0, 0.1) is 6.92 Å².